The average Bonchev–Trinajstić information content (AvgIpc) is 2.99. The van der Waals surface area contributed by atoms with E-state index in [0.717, 1.165) is 13.0 Å². The SMILES string of the molecule is CCCC1(CN2C(=O)C(C)NC2CC(C)C)CC1. The number of hydrogen-bond acceptors (Lipinski definition) is 2. The lowest BCUT2D eigenvalue weighted by Crippen LogP contribution is -2.41. The highest BCUT2D eigenvalue weighted by molar-refractivity contribution is 5.84. The topological polar surface area (TPSA) is 32.3 Å². The van der Waals surface area contributed by atoms with Crippen molar-refractivity contribution in [3.8, 4) is 0 Å². The van der Waals surface area contributed by atoms with Gasteiger partial charge in [0.25, 0.3) is 0 Å². The lowest BCUT2D eigenvalue weighted by molar-refractivity contribution is -0.130. The summed E-state index contributed by atoms with van der Waals surface area (Å²) >= 11 is 0. The molecule has 2 fully saturated rings. The summed E-state index contributed by atoms with van der Waals surface area (Å²) in [6, 6.07) is 0.00572. The summed E-state index contributed by atoms with van der Waals surface area (Å²) in [6.45, 7) is 9.68. The third-order valence-electron chi connectivity index (χ3n) is 4.41. The smallest absolute Gasteiger partial charge is 0.240 e. The van der Waals surface area contributed by atoms with Crippen molar-refractivity contribution in [3.05, 3.63) is 0 Å². The van der Waals surface area contributed by atoms with Crippen LogP contribution in [0.1, 0.15) is 59.8 Å². The average molecular weight is 252 g/mol. The zero-order valence-corrected chi connectivity index (χ0v) is 12.3. The molecule has 0 aromatic heterocycles. The van der Waals surface area contributed by atoms with Crippen molar-refractivity contribution in [2.24, 2.45) is 11.3 Å². The van der Waals surface area contributed by atoms with Gasteiger partial charge in [-0.15, -0.1) is 0 Å². The number of rotatable bonds is 6. The molecule has 1 N–H and O–H groups in total. The van der Waals surface area contributed by atoms with Gasteiger partial charge in [-0.1, -0.05) is 27.2 Å². The predicted molar refractivity (Wildman–Crippen MR) is 74.1 cm³/mol. The summed E-state index contributed by atoms with van der Waals surface area (Å²) in [7, 11) is 0. The summed E-state index contributed by atoms with van der Waals surface area (Å²) in [5.41, 5.74) is 0.464. The molecule has 0 aromatic rings. The fourth-order valence-electron chi connectivity index (χ4n) is 3.24. The fraction of sp³-hybridized carbons (Fsp3) is 0.933. The third-order valence-corrected chi connectivity index (χ3v) is 4.41. The van der Waals surface area contributed by atoms with Crippen molar-refractivity contribution in [1.29, 1.82) is 0 Å². The molecule has 1 aliphatic heterocycles. The van der Waals surface area contributed by atoms with E-state index in [1.165, 1.54) is 25.7 Å². The second kappa shape index (κ2) is 5.20. The molecule has 2 atom stereocenters. The number of carbonyl (C=O) groups is 1. The van der Waals surface area contributed by atoms with E-state index in [1.54, 1.807) is 0 Å². The van der Waals surface area contributed by atoms with Gasteiger partial charge in [-0.25, -0.2) is 0 Å². The number of hydrogen-bond donors (Lipinski definition) is 1. The second-order valence-electron chi connectivity index (χ2n) is 6.75. The number of amides is 1. The largest absolute Gasteiger partial charge is 0.325 e. The zero-order valence-electron chi connectivity index (χ0n) is 12.3. The van der Waals surface area contributed by atoms with Crippen LogP contribution in [0.3, 0.4) is 0 Å². The van der Waals surface area contributed by atoms with E-state index >= 15 is 0 Å². The van der Waals surface area contributed by atoms with Gasteiger partial charge < -0.3 is 4.90 Å². The van der Waals surface area contributed by atoms with Crippen LogP contribution in [0.2, 0.25) is 0 Å². The molecular weight excluding hydrogens is 224 g/mol. The Morgan fingerprint density at radius 1 is 1.44 bits per heavy atom. The summed E-state index contributed by atoms with van der Waals surface area (Å²) in [6.07, 6.45) is 6.47. The Morgan fingerprint density at radius 2 is 2.11 bits per heavy atom. The molecule has 0 aromatic carbocycles. The highest BCUT2D eigenvalue weighted by atomic mass is 16.2. The maximum Gasteiger partial charge on any atom is 0.240 e. The van der Waals surface area contributed by atoms with Crippen molar-refractivity contribution in [3.63, 3.8) is 0 Å². The standard InChI is InChI=1S/C15H28N2O/c1-5-6-15(7-8-15)10-17-13(9-11(2)3)16-12(4)14(17)18/h11-13,16H,5-10H2,1-4H3. The van der Waals surface area contributed by atoms with Crippen LogP contribution in [0.25, 0.3) is 0 Å². The molecule has 0 radical (unpaired) electrons. The van der Waals surface area contributed by atoms with Crippen LogP contribution >= 0.6 is 0 Å². The molecule has 104 valence electrons. The molecule has 1 heterocycles. The Balaban J connectivity index is 2.01. The summed E-state index contributed by atoms with van der Waals surface area (Å²) < 4.78 is 0. The first-order chi connectivity index (χ1) is 8.47. The Bertz CT molecular complexity index is 310. The van der Waals surface area contributed by atoms with Gasteiger partial charge in [0.15, 0.2) is 0 Å². The third kappa shape index (κ3) is 2.87. The number of carbonyl (C=O) groups excluding carboxylic acids is 1. The van der Waals surface area contributed by atoms with E-state index in [1.807, 2.05) is 6.92 Å². The van der Waals surface area contributed by atoms with Crippen LogP contribution in [-0.4, -0.2) is 29.6 Å². The number of nitrogens with zero attached hydrogens (tertiary/aromatic N) is 1. The molecule has 2 unspecified atom stereocenters. The molecule has 1 saturated carbocycles. The first-order valence-electron chi connectivity index (χ1n) is 7.54. The van der Waals surface area contributed by atoms with E-state index < -0.39 is 0 Å². The maximum atomic E-state index is 12.3. The Morgan fingerprint density at radius 3 is 2.61 bits per heavy atom. The lowest BCUT2D eigenvalue weighted by Gasteiger charge is -2.29. The van der Waals surface area contributed by atoms with Gasteiger partial charge in [-0.2, -0.15) is 0 Å². The van der Waals surface area contributed by atoms with E-state index in [-0.39, 0.29) is 12.2 Å². The van der Waals surface area contributed by atoms with Gasteiger partial charge in [0.1, 0.15) is 0 Å². The highest BCUT2D eigenvalue weighted by Crippen LogP contribution is 2.50. The normalized spacial score (nSPS) is 30.3. The Labute approximate surface area is 111 Å². The second-order valence-corrected chi connectivity index (χ2v) is 6.75. The molecule has 0 bridgehead atoms. The van der Waals surface area contributed by atoms with Crippen LogP contribution < -0.4 is 5.32 Å². The summed E-state index contributed by atoms with van der Waals surface area (Å²) in [5, 5.41) is 3.45. The molecule has 2 rings (SSSR count). The molecule has 3 nitrogen and oxygen atoms in total. The molecule has 18 heavy (non-hydrogen) atoms. The van der Waals surface area contributed by atoms with Crippen LogP contribution in [0.15, 0.2) is 0 Å². The first kappa shape index (κ1) is 13.9. The molecule has 2 aliphatic rings. The summed E-state index contributed by atoms with van der Waals surface area (Å²) in [5.74, 6) is 0.937. The minimum atomic E-state index is 0.00572. The van der Waals surface area contributed by atoms with Gasteiger partial charge in [0.05, 0.1) is 12.2 Å². The maximum absolute atomic E-state index is 12.3. The minimum Gasteiger partial charge on any atom is -0.325 e. The molecular formula is C15H28N2O. The van der Waals surface area contributed by atoms with Crippen LogP contribution in [0.4, 0.5) is 0 Å². The van der Waals surface area contributed by atoms with E-state index in [4.69, 9.17) is 0 Å². The quantitative estimate of drug-likeness (QED) is 0.788. The Hall–Kier alpha value is -0.570. The first-order valence-corrected chi connectivity index (χ1v) is 7.54. The van der Waals surface area contributed by atoms with Crippen LogP contribution in [0, 0.1) is 11.3 Å². The molecule has 1 aliphatic carbocycles. The van der Waals surface area contributed by atoms with Crippen molar-refractivity contribution >= 4 is 5.91 Å². The Kier molecular flexibility index (Phi) is 4.00. The number of nitrogens with one attached hydrogen (secondary N) is 1. The zero-order chi connectivity index (χ0) is 13.3. The molecule has 1 saturated heterocycles. The lowest BCUT2D eigenvalue weighted by atomic mass is 9.99. The predicted octanol–water partition coefficient (Wildman–Crippen LogP) is 2.76. The molecule has 0 spiro atoms. The monoisotopic (exact) mass is 252 g/mol. The van der Waals surface area contributed by atoms with E-state index in [9.17, 15) is 4.79 Å². The van der Waals surface area contributed by atoms with Gasteiger partial charge in [-0.3, -0.25) is 10.1 Å². The van der Waals surface area contributed by atoms with E-state index in [0.29, 0.717) is 17.2 Å². The fourth-order valence-corrected chi connectivity index (χ4v) is 3.24. The van der Waals surface area contributed by atoms with Gasteiger partial charge in [-0.05, 0) is 43.9 Å². The van der Waals surface area contributed by atoms with Crippen molar-refractivity contribution in [2.75, 3.05) is 6.54 Å². The van der Waals surface area contributed by atoms with Crippen molar-refractivity contribution in [1.82, 2.24) is 10.2 Å². The van der Waals surface area contributed by atoms with Crippen LogP contribution in [0.5, 0.6) is 0 Å². The van der Waals surface area contributed by atoms with Crippen molar-refractivity contribution < 1.29 is 4.79 Å². The van der Waals surface area contributed by atoms with Crippen LogP contribution in [-0.2, 0) is 4.79 Å². The van der Waals surface area contributed by atoms with Gasteiger partial charge >= 0.3 is 0 Å². The summed E-state index contributed by atoms with van der Waals surface area (Å²) in [4.78, 5) is 14.4. The molecule has 1 amide bonds. The van der Waals surface area contributed by atoms with Gasteiger partial charge in [0.2, 0.25) is 5.91 Å². The minimum absolute atomic E-state index is 0.00572. The van der Waals surface area contributed by atoms with Gasteiger partial charge in [0, 0.05) is 6.54 Å². The van der Waals surface area contributed by atoms with E-state index in [2.05, 4.69) is 31.0 Å². The highest BCUT2D eigenvalue weighted by Gasteiger charge is 2.47. The molecule has 3 heteroatoms. The van der Waals surface area contributed by atoms with Crippen molar-refractivity contribution in [2.45, 2.75) is 72.0 Å².